The Balaban J connectivity index is 1.52. The number of rotatable bonds is 6. The number of hydrogen-bond donors (Lipinski definition) is 1. The fourth-order valence-corrected chi connectivity index (χ4v) is 2.80. The van der Waals surface area contributed by atoms with Crippen LogP contribution in [0.1, 0.15) is 12.0 Å². The highest BCUT2D eigenvalue weighted by Gasteiger charge is 2.08. The Bertz CT molecular complexity index is 878. The highest BCUT2D eigenvalue weighted by atomic mass is 19.1. The zero-order valence-corrected chi connectivity index (χ0v) is 14.2. The Kier molecular flexibility index (Phi) is 5.41. The molecule has 3 nitrogen and oxygen atoms in total. The lowest BCUT2D eigenvalue weighted by molar-refractivity contribution is -0.116. The number of nitrogens with zero attached hydrogens (tertiary/aromatic N) is 1. The van der Waals surface area contributed by atoms with E-state index in [1.54, 1.807) is 18.2 Å². The number of fused-ring (bicyclic) bond motifs is 1. The molecule has 0 saturated heterocycles. The first-order valence-corrected chi connectivity index (χ1v) is 8.32. The van der Waals surface area contributed by atoms with Crippen LogP contribution in [0.5, 0.6) is 0 Å². The van der Waals surface area contributed by atoms with Crippen molar-refractivity contribution in [2.75, 3.05) is 18.9 Å². The summed E-state index contributed by atoms with van der Waals surface area (Å²) in [4.78, 5) is 14.1. The summed E-state index contributed by atoms with van der Waals surface area (Å²) in [7, 11) is 1.98. The van der Waals surface area contributed by atoms with Gasteiger partial charge in [0.25, 0.3) is 0 Å². The first-order valence-electron chi connectivity index (χ1n) is 8.32. The normalized spacial score (nSPS) is 11.0. The Labute approximate surface area is 147 Å². The molecule has 25 heavy (non-hydrogen) atoms. The Morgan fingerprint density at radius 1 is 1.00 bits per heavy atom. The van der Waals surface area contributed by atoms with Crippen LogP contribution in [-0.2, 0) is 11.3 Å². The van der Waals surface area contributed by atoms with Gasteiger partial charge in [0.05, 0.1) is 5.69 Å². The molecule has 1 N–H and O–H groups in total. The van der Waals surface area contributed by atoms with Crippen molar-refractivity contribution in [2.24, 2.45) is 0 Å². The van der Waals surface area contributed by atoms with Gasteiger partial charge in [-0.15, -0.1) is 0 Å². The van der Waals surface area contributed by atoms with Crippen molar-refractivity contribution in [3.05, 3.63) is 78.1 Å². The van der Waals surface area contributed by atoms with Gasteiger partial charge in [-0.05, 0) is 41.6 Å². The molecule has 0 heterocycles. The van der Waals surface area contributed by atoms with Crippen molar-refractivity contribution in [1.82, 2.24) is 4.90 Å². The Hall–Kier alpha value is -2.72. The van der Waals surface area contributed by atoms with Gasteiger partial charge in [-0.1, -0.05) is 48.5 Å². The molecule has 3 aromatic carbocycles. The third kappa shape index (κ3) is 4.64. The van der Waals surface area contributed by atoms with Crippen molar-refractivity contribution in [3.8, 4) is 0 Å². The average molecular weight is 336 g/mol. The summed E-state index contributed by atoms with van der Waals surface area (Å²) in [5.41, 5.74) is 1.43. The van der Waals surface area contributed by atoms with Crippen LogP contribution in [0, 0.1) is 5.82 Å². The monoisotopic (exact) mass is 336 g/mol. The summed E-state index contributed by atoms with van der Waals surface area (Å²) in [6.45, 7) is 1.37. The summed E-state index contributed by atoms with van der Waals surface area (Å²) >= 11 is 0. The van der Waals surface area contributed by atoms with Gasteiger partial charge in [0.2, 0.25) is 5.91 Å². The molecule has 1 amide bonds. The number of carbonyl (C=O) groups excluding carboxylic acids is 1. The molecule has 4 heteroatoms. The molecular formula is C21H21FN2O. The number of amides is 1. The standard InChI is InChI=1S/C21H21FN2O/c1-24(13-12-21(25)23-20-9-5-4-8-19(20)22)15-16-10-11-17-6-2-3-7-18(17)14-16/h2-11,14H,12-13,15H2,1H3,(H,23,25). The second-order valence-corrected chi connectivity index (χ2v) is 6.20. The van der Waals surface area contributed by atoms with Gasteiger partial charge in [0.1, 0.15) is 5.82 Å². The average Bonchev–Trinajstić information content (AvgIpc) is 2.62. The molecule has 3 aromatic rings. The second-order valence-electron chi connectivity index (χ2n) is 6.20. The van der Waals surface area contributed by atoms with Gasteiger partial charge in [-0.25, -0.2) is 4.39 Å². The van der Waals surface area contributed by atoms with Crippen LogP contribution >= 0.6 is 0 Å². The van der Waals surface area contributed by atoms with Crippen molar-refractivity contribution in [1.29, 1.82) is 0 Å². The fraction of sp³-hybridized carbons (Fsp3) is 0.190. The summed E-state index contributed by atoms with van der Waals surface area (Å²) < 4.78 is 13.5. The molecule has 0 spiro atoms. The van der Waals surface area contributed by atoms with Crippen LogP contribution < -0.4 is 5.32 Å². The molecule has 0 radical (unpaired) electrons. The van der Waals surface area contributed by atoms with Crippen LogP contribution in [0.4, 0.5) is 10.1 Å². The number of para-hydroxylation sites is 1. The summed E-state index contributed by atoms with van der Waals surface area (Å²) in [5.74, 6) is -0.601. The van der Waals surface area contributed by atoms with E-state index in [0.29, 0.717) is 13.0 Å². The van der Waals surface area contributed by atoms with E-state index in [4.69, 9.17) is 0 Å². The van der Waals surface area contributed by atoms with Crippen molar-refractivity contribution in [3.63, 3.8) is 0 Å². The Morgan fingerprint density at radius 2 is 1.72 bits per heavy atom. The van der Waals surface area contributed by atoms with Crippen molar-refractivity contribution >= 4 is 22.4 Å². The third-order valence-electron chi connectivity index (χ3n) is 4.13. The molecular weight excluding hydrogens is 315 g/mol. The molecule has 0 fully saturated rings. The number of nitrogens with one attached hydrogen (secondary N) is 1. The zero-order valence-electron chi connectivity index (χ0n) is 14.2. The summed E-state index contributed by atoms with van der Waals surface area (Å²) in [6.07, 6.45) is 0.318. The van der Waals surface area contributed by atoms with Gasteiger partial charge in [-0.2, -0.15) is 0 Å². The Morgan fingerprint density at radius 3 is 2.52 bits per heavy atom. The number of carbonyl (C=O) groups is 1. The minimum Gasteiger partial charge on any atom is -0.324 e. The van der Waals surface area contributed by atoms with Crippen LogP contribution in [0.3, 0.4) is 0 Å². The predicted octanol–water partition coefficient (Wildman–Crippen LogP) is 4.44. The van der Waals surface area contributed by atoms with E-state index >= 15 is 0 Å². The summed E-state index contributed by atoms with van der Waals surface area (Å²) in [6, 6.07) is 20.8. The first kappa shape index (κ1) is 17.1. The molecule has 0 unspecified atom stereocenters. The molecule has 0 atom stereocenters. The molecule has 0 aliphatic rings. The van der Waals surface area contributed by atoms with E-state index in [2.05, 4.69) is 40.5 Å². The lowest BCUT2D eigenvalue weighted by Gasteiger charge is -2.17. The molecule has 0 bridgehead atoms. The van der Waals surface area contributed by atoms with E-state index in [-0.39, 0.29) is 11.6 Å². The summed E-state index contributed by atoms with van der Waals surface area (Å²) in [5, 5.41) is 5.05. The smallest absolute Gasteiger partial charge is 0.225 e. The van der Waals surface area contributed by atoms with Gasteiger partial charge < -0.3 is 10.2 Å². The lowest BCUT2D eigenvalue weighted by Crippen LogP contribution is -2.24. The highest BCUT2D eigenvalue weighted by molar-refractivity contribution is 5.90. The minimum absolute atomic E-state index is 0.185. The van der Waals surface area contributed by atoms with Gasteiger partial charge in [-0.3, -0.25) is 4.79 Å². The van der Waals surface area contributed by atoms with Gasteiger partial charge in [0, 0.05) is 19.5 Å². The van der Waals surface area contributed by atoms with E-state index in [1.807, 2.05) is 19.2 Å². The topological polar surface area (TPSA) is 32.3 Å². The van der Waals surface area contributed by atoms with Gasteiger partial charge in [0.15, 0.2) is 0 Å². The molecule has 128 valence electrons. The molecule has 0 aliphatic heterocycles. The number of anilines is 1. The van der Waals surface area contributed by atoms with Crippen molar-refractivity contribution in [2.45, 2.75) is 13.0 Å². The fourth-order valence-electron chi connectivity index (χ4n) is 2.80. The molecule has 0 saturated carbocycles. The SMILES string of the molecule is CN(CCC(=O)Nc1ccccc1F)Cc1ccc2ccccc2c1. The van der Waals surface area contributed by atoms with Crippen LogP contribution in [-0.4, -0.2) is 24.4 Å². The van der Waals surface area contributed by atoms with Crippen LogP contribution in [0.15, 0.2) is 66.7 Å². The van der Waals surface area contributed by atoms with Gasteiger partial charge >= 0.3 is 0 Å². The van der Waals surface area contributed by atoms with Crippen molar-refractivity contribution < 1.29 is 9.18 Å². The molecule has 0 aromatic heterocycles. The van der Waals surface area contributed by atoms with E-state index < -0.39 is 5.82 Å². The van der Waals surface area contributed by atoms with E-state index in [0.717, 1.165) is 6.54 Å². The van der Waals surface area contributed by atoms with Crippen LogP contribution in [0.2, 0.25) is 0 Å². The third-order valence-corrected chi connectivity index (χ3v) is 4.13. The minimum atomic E-state index is -0.416. The first-order chi connectivity index (χ1) is 12.1. The number of halogens is 1. The maximum atomic E-state index is 13.5. The maximum absolute atomic E-state index is 13.5. The number of benzene rings is 3. The van der Waals surface area contributed by atoms with E-state index in [1.165, 1.54) is 22.4 Å². The highest BCUT2D eigenvalue weighted by Crippen LogP contribution is 2.17. The molecule has 0 aliphatic carbocycles. The second kappa shape index (κ2) is 7.90. The number of hydrogen-bond acceptors (Lipinski definition) is 2. The lowest BCUT2D eigenvalue weighted by atomic mass is 10.1. The molecule has 3 rings (SSSR count). The van der Waals surface area contributed by atoms with E-state index in [9.17, 15) is 9.18 Å². The zero-order chi connectivity index (χ0) is 17.6. The van der Waals surface area contributed by atoms with Crippen LogP contribution in [0.25, 0.3) is 10.8 Å². The largest absolute Gasteiger partial charge is 0.324 e. The maximum Gasteiger partial charge on any atom is 0.225 e. The quantitative estimate of drug-likeness (QED) is 0.722. The predicted molar refractivity (Wildman–Crippen MR) is 99.9 cm³/mol.